The van der Waals surface area contributed by atoms with Crippen LogP contribution in [0.1, 0.15) is 12.8 Å². The molecule has 4 nitrogen and oxygen atoms in total. The molecule has 19 heavy (non-hydrogen) atoms. The minimum absolute atomic E-state index is 0.0888. The second kappa shape index (κ2) is 5.46. The van der Waals surface area contributed by atoms with Gasteiger partial charge in [-0.1, -0.05) is 11.6 Å². The lowest BCUT2D eigenvalue weighted by Gasteiger charge is -2.21. The number of sulfone groups is 1. The Morgan fingerprint density at radius 3 is 2.79 bits per heavy atom. The van der Waals surface area contributed by atoms with Crippen LogP contribution in [0, 0.1) is 11.7 Å². The predicted molar refractivity (Wildman–Crippen MR) is 71.4 cm³/mol. The first kappa shape index (κ1) is 14.3. The summed E-state index contributed by atoms with van der Waals surface area (Å²) < 4.78 is 35.9. The van der Waals surface area contributed by atoms with E-state index in [0.29, 0.717) is 18.5 Å². The number of hydrogen-bond donors (Lipinski definition) is 1. The zero-order valence-corrected chi connectivity index (χ0v) is 11.6. The molecule has 1 aliphatic heterocycles. The van der Waals surface area contributed by atoms with Crippen LogP contribution in [0.4, 0.5) is 10.1 Å². The summed E-state index contributed by atoms with van der Waals surface area (Å²) in [4.78, 5) is 11.9. The molecule has 0 saturated carbocycles. The summed E-state index contributed by atoms with van der Waals surface area (Å²) >= 11 is 5.61. The van der Waals surface area contributed by atoms with Crippen molar-refractivity contribution in [2.75, 3.05) is 16.8 Å². The van der Waals surface area contributed by atoms with Crippen molar-refractivity contribution in [2.24, 2.45) is 5.92 Å². The SMILES string of the molecule is O=C(Nc1ccc(F)c(Cl)c1)C1CCCS(=O)(=O)C1. The van der Waals surface area contributed by atoms with E-state index >= 15 is 0 Å². The van der Waals surface area contributed by atoms with Crippen LogP contribution in [0.2, 0.25) is 5.02 Å². The molecule has 104 valence electrons. The number of benzene rings is 1. The Hall–Kier alpha value is -1.14. The van der Waals surface area contributed by atoms with Crippen molar-refractivity contribution >= 4 is 33.0 Å². The van der Waals surface area contributed by atoms with E-state index in [4.69, 9.17) is 11.6 Å². The monoisotopic (exact) mass is 305 g/mol. The summed E-state index contributed by atoms with van der Waals surface area (Å²) in [5.41, 5.74) is 0.361. The highest BCUT2D eigenvalue weighted by atomic mass is 35.5. The van der Waals surface area contributed by atoms with Crippen LogP contribution < -0.4 is 5.32 Å². The summed E-state index contributed by atoms with van der Waals surface area (Å²) in [6.45, 7) is 0. The largest absolute Gasteiger partial charge is 0.326 e. The van der Waals surface area contributed by atoms with Gasteiger partial charge < -0.3 is 5.32 Å². The minimum atomic E-state index is -3.13. The fraction of sp³-hybridized carbons (Fsp3) is 0.417. The van der Waals surface area contributed by atoms with Gasteiger partial charge >= 0.3 is 0 Å². The number of rotatable bonds is 2. The van der Waals surface area contributed by atoms with Gasteiger partial charge in [0, 0.05) is 5.69 Å². The highest BCUT2D eigenvalue weighted by molar-refractivity contribution is 7.91. The Kier molecular flexibility index (Phi) is 4.10. The molecule has 0 aromatic heterocycles. The summed E-state index contributed by atoms with van der Waals surface area (Å²) in [7, 11) is -3.13. The Labute approximate surface area is 115 Å². The molecule has 7 heteroatoms. The van der Waals surface area contributed by atoms with Gasteiger partial charge in [0.15, 0.2) is 9.84 Å². The van der Waals surface area contributed by atoms with Crippen molar-refractivity contribution in [2.45, 2.75) is 12.8 Å². The van der Waals surface area contributed by atoms with Gasteiger partial charge in [-0.3, -0.25) is 4.79 Å². The Morgan fingerprint density at radius 1 is 1.42 bits per heavy atom. The lowest BCUT2D eigenvalue weighted by molar-refractivity contribution is -0.119. The van der Waals surface area contributed by atoms with Gasteiger partial charge in [0.05, 0.1) is 22.4 Å². The second-order valence-corrected chi connectivity index (χ2v) is 7.21. The minimum Gasteiger partial charge on any atom is -0.326 e. The predicted octanol–water partition coefficient (Wildman–Crippen LogP) is 2.24. The summed E-state index contributed by atoms with van der Waals surface area (Å²) in [5.74, 6) is -1.49. The van der Waals surface area contributed by atoms with E-state index in [-0.39, 0.29) is 22.4 Å². The number of carbonyl (C=O) groups excluding carboxylic acids is 1. The van der Waals surface area contributed by atoms with Gasteiger partial charge in [0.1, 0.15) is 5.82 Å². The maximum Gasteiger partial charge on any atom is 0.228 e. The molecule has 1 heterocycles. The third-order valence-electron chi connectivity index (χ3n) is 3.02. The molecule has 1 aliphatic rings. The first-order valence-electron chi connectivity index (χ1n) is 5.84. The molecule has 1 N–H and O–H groups in total. The maximum absolute atomic E-state index is 13.0. The Balaban J connectivity index is 2.06. The number of halogens is 2. The first-order chi connectivity index (χ1) is 8.87. The molecule has 0 radical (unpaired) electrons. The molecule has 2 rings (SSSR count). The molecule has 0 spiro atoms. The Morgan fingerprint density at radius 2 is 2.16 bits per heavy atom. The van der Waals surface area contributed by atoms with Gasteiger partial charge in [-0.2, -0.15) is 0 Å². The average molecular weight is 306 g/mol. The lowest BCUT2D eigenvalue weighted by atomic mass is 10.0. The highest BCUT2D eigenvalue weighted by Gasteiger charge is 2.29. The summed E-state index contributed by atoms with van der Waals surface area (Å²) in [6.07, 6.45) is 1.03. The zero-order chi connectivity index (χ0) is 14.0. The molecule has 0 bridgehead atoms. The fourth-order valence-electron chi connectivity index (χ4n) is 2.05. The molecule has 1 saturated heterocycles. The van der Waals surface area contributed by atoms with E-state index in [2.05, 4.69) is 5.32 Å². The van der Waals surface area contributed by atoms with Gasteiger partial charge in [-0.25, -0.2) is 12.8 Å². The molecule has 1 aromatic carbocycles. The Bertz CT molecular complexity index is 603. The van der Waals surface area contributed by atoms with Crippen LogP contribution in [-0.2, 0) is 14.6 Å². The zero-order valence-electron chi connectivity index (χ0n) is 10.0. The third-order valence-corrected chi connectivity index (χ3v) is 5.13. The topological polar surface area (TPSA) is 63.2 Å². The quantitative estimate of drug-likeness (QED) is 0.911. The van der Waals surface area contributed by atoms with Gasteiger partial charge in [0.2, 0.25) is 5.91 Å². The molecule has 1 amide bonds. The van der Waals surface area contributed by atoms with Crippen molar-refractivity contribution in [1.29, 1.82) is 0 Å². The van der Waals surface area contributed by atoms with Crippen LogP contribution in [0.25, 0.3) is 0 Å². The number of anilines is 1. The van der Waals surface area contributed by atoms with E-state index in [1.165, 1.54) is 12.1 Å². The average Bonchev–Trinajstić information content (AvgIpc) is 2.32. The number of amides is 1. The number of hydrogen-bond acceptors (Lipinski definition) is 3. The van der Waals surface area contributed by atoms with E-state index < -0.39 is 21.6 Å². The highest BCUT2D eigenvalue weighted by Crippen LogP contribution is 2.23. The van der Waals surface area contributed by atoms with Crippen LogP contribution in [-0.4, -0.2) is 25.8 Å². The van der Waals surface area contributed by atoms with E-state index in [1.54, 1.807) is 0 Å². The molecule has 1 unspecified atom stereocenters. The summed E-state index contributed by atoms with van der Waals surface area (Å²) in [5, 5.41) is 2.47. The molecular weight excluding hydrogens is 293 g/mol. The standard InChI is InChI=1S/C12H13ClFNO3S/c13-10-6-9(3-4-11(10)14)15-12(16)8-2-1-5-19(17,18)7-8/h3-4,6,8H,1-2,5,7H2,(H,15,16). The van der Waals surface area contributed by atoms with Crippen LogP contribution in [0.5, 0.6) is 0 Å². The van der Waals surface area contributed by atoms with Crippen molar-refractivity contribution in [3.05, 3.63) is 29.0 Å². The lowest BCUT2D eigenvalue weighted by Crippen LogP contribution is -2.34. The smallest absolute Gasteiger partial charge is 0.228 e. The van der Waals surface area contributed by atoms with Crippen molar-refractivity contribution < 1.29 is 17.6 Å². The van der Waals surface area contributed by atoms with E-state index in [1.807, 2.05) is 0 Å². The van der Waals surface area contributed by atoms with Crippen molar-refractivity contribution in [3.8, 4) is 0 Å². The van der Waals surface area contributed by atoms with Crippen molar-refractivity contribution in [3.63, 3.8) is 0 Å². The van der Waals surface area contributed by atoms with Crippen LogP contribution >= 0.6 is 11.6 Å². The molecule has 0 aliphatic carbocycles. The summed E-state index contributed by atoms with van der Waals surface area (Å²) in [6, 6.07) is 3.83. The first-order valence-corrected chi connectivity index (χ1v) is 8.04. The van der Waals surface area contributed by atoms with Crippen molar-refractivity contribution in [1.82, 2.24) is 0 Å². The molecule has 1 atom stereocenters. The number of nitrogens with one attached hydrogen (secondary N) is 1. The van der Waals surface area contributed by atoms with Gasteiger partial charge in [-0.05, 0) is 31.0 Å². The van der Waals surface area contributed by atoms with Crippen LogP contribution in [0.15, 0.2) is 18.2 Å². The molecular formula is C12H13ClFNO3S. The van der Waals surface area contributed by atoms with Gasteiger partial charge in [0.25, 0.3) is 0 Å². The number of carbonyl (C=O) groups is 1. The van der Waals surface area contributed by atoms with E-state index in [9.17, 15) is 17.6 Å². The van der Waals surface area contributed by atoms with E-state index in [0.717, 1.165) is 6.07 Å². The second-order valence-electron chi connectivity index (χ2n) is 4.57. The third kappa shape index (κ3) is 3.67. The normalized spacial score (nSPS) is 21.9. The maximum atomic E-state index is 13.0. The molecule has 1 aromatic rings. The molecule has 1 fully saturated rings. The fourth-order valence-corrected chi connectivity index (χ4v) is 3.93. The van der Waals surface area contributed by atoms with Crippen LogP contribution in [0.3, 0.4) is 0 Å². The van der Waals surface area contributed by atoms with Gasteiger partial charge in [-0.15, -0.1) is 0 Å².